The summed E-state index contributed by atoms with van der Waals surface area (Å²) in [7, 11) is 0. The van der Waals surface area contributed by atoms with E-state index in [1.807, 2.05) is 23.1 Å². The molecule has 4 rings (SSSR count). The molecule has 3 heterocycles. The molecule has 2 fully saturated rings. The number of hydrogen-bond acceptors (Lipinski definition) is 7. The monoisotopic (exact) mass is 542 g/mol. The van der Waals surface area contributed by atoms with Crippen LogP contribution in [0.15, 0.2) is 41.9 Å². The zero-order valence-electron chi connectivity index (χ0n) is 20.7. The summed E-state index contributed by atoms with van der Waals surface area (Å²) in [5.74, 6) is 0.646. The van der Waals surface area contributed by atoms with Crippen LogP contribution in [0, 0.1) is 11.3 Å². The summed E-state index contributed by atoms with van der Waals surface area (Å²) in [6, 6.07) is 8.85. The van der Waals surface area contributed by atoms with Crippen molar-refractivity contribution in [3.05, 3.63) is 52.5 Å². The van der Waals surface area contributed by atoms with E-state index in [-0.39, 0.29) is 35.5 Å². The Kier molecular flexibility index (Phi) is 9.56. The van der Waals surface area contributed by atoms with Gasteiger partial charge < -0.3 is 21.3 Å². The number of piperidine rings is 1. The highest BCUT2D eigenvalue weighted by atomic mass is 32.2. The van der Waals surface area contributed by atoms with Crippen molar-refractivity contribution in [2.75, 3.05) is 18.1 Å². The molecule has 2 amide bonds. The number of nitrogens with two attached hydrogens (primary N) is 1. The molecule has 1 aromatic heterocycles. The maximum atomic E-state index is 13.6. The maximum Gasteiger partial charge on any atom is 0.244 e. The smallest absolute Gasteiger partial charge is 0.244 e. The van der Waals surface area contributed by atoms with Gasteiger partial charge in [-0.15, -0.1) is 11.3 Å². The highest BCUT2D eigenvalue weighted by Gasteiger charge is 2.44. The van der Waals surface area contributed by atoms with Gasteiger partial charge in [0.05, 0.1) is 6.04 Å². The Morgan fingerprint density at radius 2 is 2.03 bits per heavy atom. The molecule has 2 aliphatic rings. The number of carbonyl (C=O) groups excluding carboxylic acids is 3. The summed E-state index contributed by atoms with van der Waals surface area (Å²) in [5.41, 5.74) is 6.56. The zero-order valence-corrected chi connectivity index (χ0v) is 22.4. The first-order chi connectivity index (χ1) is 17.9. The molecule has 0 bridgehead atoms. The van der Waals surface area contributed by atoms with Gasteiger partial charge in [-0.05, 0) is 44.1 Å². The number of hydrogen-bond donors (Lipinski definition) is 4. The Hall–Kier alpha value is -2.92. The van der Waals surface area contributed by atoms with Crippen LogP contribution in [0.2, 0.25) is 0 Å². The predicted octanol–water partition coefficient (Wildman–Crippen LogP) is 2.43. The van der Waals surface area contributed by atoms with Crippen LogP contribution in [0.25, 0.3) is 0 Å². The lowest BCUT2D eigenvalue weighted by Gasteiger charge is -2.46. The van der Waals surface area contributed by atoms with Gasteiger partial charge in [0.1, 0.15) is 6.04 Å². The van der Waals surface area contributed by atoms with E-state index in [0.29, 0.717) is 30.1 Å². The second-order valence-corrected chi connectivity index (χ2v) is 11.5. The Balaban J connectivity index is 1.43. The van der Waals surface area contributed by atoms with Crippen molar-refractivity contribution in [1.82, 2.24) is 20.5 Å². The summed E-state index contributed by atoms with van der Waals surface area (Å²) in [5, 5.41) is 15.1. The van der Waals surface area contributed by atoms with Gasteiger partial charge in [0.15, 0.2) is 11.0 Å². The standard InChI is InChI=1S/C26H34N6O3S2/c27-26(28)30-12-4-7-20(22(33)24-29-13-14-37-24)31-23(34)21-16-36-15-19-11-10-18(25(35)32(19)21)9-8-17-5-2-1-3-6-17/h1-3,5-6,13-14,18-21H,4,7-12,15-16H2,(H,31,34)(H4,27,28,30). The average molecular weight is 543 g/mol. The number of rotatable bonds is 11. The van der Waals surface area contributed by atoms with E-state index in [2.05, 4.69) is 27.8 Å². The Morgan fingerprint density at radius 1 is 1.22 bits per heavy atom. The first-order valence-corrected chi connectivity index (χ1v) is 14.7. The molecule has 9 nitrogen and oxygen atoms in total. The minimum atomic E-state index is -0.758. The molecule has 4 unspecified atom stereocenters. The molecular weight excluding hydrogens is 508 g/mol. The van der Waals surface area contributed by atoms with Crippen molar-refractivity contribution in [1.29, 1.82) is 5.41 Å². The maximum absolute atomic E-state index is 13.6. The molecule has 198 valence electrons. The van der Waals surface area contributed by atoms with Gasteiger partial charge in [0, 0.05) is 41.6 Å². The van der Waals surface area contributed by atoms with Crippen molar-refractivity contribution in [3.8, 4) is 0 Å². The quantitative estimate of drug-likeness (QED) is 0.148. The van der Waals surface area contributed by atoms with Crippen LogP contribution in [0.5, 0.6) is 0 Å². The van der Waals surface area contributed by atoms with Crippen LogP contribution in [0.1, 0.15) is 47.5 Å². The molecule has 11 heteroatoms. The number of nitrogens with one attached hydrogen (secondary N) is 3. The van der Waals surface area contributed by atoms with E-state index >= 15 is 0 Å². The molecule has 4 atom stereocenters. The number of aromatic nitrogens is 1. The van der Waals surface area contributed by atoms with E-state index in [9.17, 15) is 14.4 Å². The third kappa shape index (κ3) is 7.10. The lowest BCUT2D eigenvalue weighted by molar-refractivity contribution is -0.149. The van der Waals surface area contributed by atoms with Crippen LogP contribution in [-0.4, -0.2) is 69.6 Å². The van der Waals surface area contributed by atoms with Gasteiger partial charge in [0.25, 0.3) is 0 Å². The number of amides is 2. The van der Waals surface area contributed by atoms with Gasteiger partial charge in [-0.1, -0.05) is 30.3 Å². The molecule has 2 aliphatic heterocycles. The molecular formula is C26H34N6O3S2. The highest BCUT2D eigenvalue weighted by Crippen LogP contribution is 2.34. The summed E-state index contributed by atoms with van der Waals surface area (Å²) >= 11 is 2.93. The van der Waals surface area contributed by atoms with E-state index in [1.54, 1.807) is 23.3 Å². The molecule has 0 spiro atoms. The van der Waals surface area contributed by atoms with Crippen molar-refractivity contribution in [2.45, 2.75) is 56.7 Å². The number of benzene rings is 1. The minimum absolute atomic E-state index is 0.0443. The SMILES string of the molecule is N=C(N)NCCCC(NC(=O)C1CSCC2CCC(CCc3ccccc3)C(=O)N21)C(=O)c1nccs1. The van der Waals surface area contributed by atoms with Gasteiger partial charge in [0.2, 0.25) is 17.6 Å². The normalized spacial score (nSPS) is 22.1. The summed E-state index contributed by atoms with van der Waals surface area (Å²) in [6.07, 6.45) is 5.81. The van der Waals surface area contributed by atoms with Crippen molar-refractivity contribution in [2.24, 2.45) is 11.7 Å². The van der Waals surface area contributed by atoms with Gasteiger partial charge in [-0.2, -0.15) is 11.8 Å². The number of thiazole rings is 1. The van der Waals surface area contributed by atoms with E-state index in [1.165, 1.54) is 16.9 Å². The van der Waals surface area contributed by atoms with Crippen molar-refractivity contribution < 1.29 is 14.4 Å². The Labute approximate surface area is 225 Å². The van der Waals surface area contributed by atoms with Crippen molar-refractivity contribution >= 4 is 46.7 Å². The van der Waals surface area contributed by atoms with E-state index in [0.717, 1.165) is 31.4 Å². The largest absolute Gasteiger partial charge is 0.370 e. The van der Waals surface area contributed by atoms with Crippen LogP contribution >= 0.6 is 23.1 Å². The first-order valence-electron chi connectivity index (χ1n) is 12.7. The van der Waals surface area contributed by atoms with Crippen LogP contribution in [0.4, 0.5) is 0 Å². The van der Waals surface area contributed by atoms with Crippen molar-refractivity contribution in [3.63, 3.8) is 0 Å². The third-order valence-corrected chi connectivity index (χ3v) is 8.91. The minimum Gasteiger partial charge on any atom is -0.370 e. The number of thioether (sulfide) groups is 1. The molecule has 0 radical (unpaired) electrons. The molecule has 2 aromatic rings. The van der Waals surface area contributed by atoms with Gasteiger partial charge >= 0.3 is 0 Å². The van der Waals surface area contributed by atoms with Gasteiger partial charge in [-0.25, -0.2) is 4.98 Å². The molecule has 0 aliphatic carbocycles. The topological polar surface area (TPSA) is 141 Å². The highest BCUT2D eigenvalue weighted by molar-refractivity contribution is 7.99. The van der Waals surface area contributed by atoms with Crippen LogP contribution in [0.3, 0.4) is 0 Å². The fourth-order valence-electron chi connectivity index (χ4n) is 5.03. The number of fused-ring (bicyclic) bond motifs is 1. The molecule has 5 N–H and O–H groups in total. The number of nitrogens with zero attached hydrogens (tertiary/aromatic N) is 2. The number of aryl methyl sites for hydroxylation is 1. The Bertz CT molecular complexity index is 1080. The lowest BCUT2D eigenvalue weighted by atomic mass is 9.86. The number of ketones is 1. The zero-order chi connectivity index (χ0) is 26.2. The summed E-state index contributed by atoms with van der Waals surface area (Å²) in [6.45, 7) is 0.419. The lowest BCUT2D eigenvalue weighted by Crippen LogP contribution is -2.62. The fourth-order valence-corrected chi connectivity index (χ4v) is 6.93. The summed E-state index contributed by atoms with van der Waals surface area (Å²) < 4.78 is 0. The van der Waals surface area contributed by atoms with E-state index < -0.39 is 12.1 Å². The second-order valence-electron chi connectivity index (χ2n) is 9.50. The van der Waals surface area contributed by atoms with E-state index in [4.69, 9.17) is 11.1 Å². The number of Topliss-reactive ketones (excluding diaryl/α,β-unsaturated/α-hetero) is 1. The fraction of sp³-hybridized carbons (Fsp3) is 0.500. The number of guanidine groups is 1. The predicted molar refractivity (Wildman–Crippen MR) is 147 cm³/mol. The van der Waals surface area contributed by atoms with Crippen LogP contribution in [-0.2, 0) is 16.0 Å². The average Bonchev–Trinajstić information content (AvgIpc) is 3.45. The second kappa shape index (κ2) is 13.0. The summed E-state index contributed by atoms with van der Waals surface area (Å²) in [4.78, 5) is 46.2. The Morgan fingerprint density at radius 3 is 2.76 bits per heavy atom. The number of carbonyl (C=O) groups is 3. The first kappa shape index (κ1) is 27.1. The van der Waals surface area contributed by atoms with Crippen LogP contribution < -0.4 is 16.4 Å². The van der Waals surface area contributed by atoms with Gasteiger partial charge in [-0.3, -0.25) is 19.8 Å². The third-order valence-electron chi connectivity index (χ3n) is 6.96. The molecule has 2 saturated heterocycles. The molecule has 1 aromatic carbocycles. The molecule has 37 heavy (non-hydrogen) atoms. The molecule has 0 saturated carbocycles.